The maximum Gasteiger partial charge on any atom is 1.00 e. The van der Waals surface area contributed by atoms with Gasteiger partial charge in [-0.2, -0.15) is 0 Å². The number of hydrogen-bond donors (Lipinski definition) is 5. The van der Waals surface area contributed by atoms with E-state index in [-0.39, 0.29) is 20.1 Å². The standard InChI is InChI=1S/C6H13NO5.ClH/c7-3(1-8)5(11)6(12)4(10)2-9;/h1,3-6,9-12H,2,7H2;1H. The quantitative estimate of drug-likeness (QED) is 0.291. The van der Waals surface area contributed by atoms with E-state index in [0.29, 0.717) is 0 Å². The summed E-state index contributed by atoms with van der Waals surface area (Å²) in [6.45, 7) is -0.705. The fourth-order valence-electron chi connectivity index (χ4n) is 0.644. The molecule has 0 aromatic rings. The van der Waals surface area contributed by atoms with E-state index < -0.39 is 31.0 Å². The Balaban J connectivity index is -0.000000605. The maximum atomic E-state index is 10.0. The smallest absolute Gasteiger partial charge is 1.00 e. The van der Waals surface area contributed by atoms with E-state index in [2.05, 4.69) is 0 Å². The highest BCUT2D eigenvalue weighted by atomic mass is 35.5. The zero-order chi connectivity index (χ0) is 9.72. The molecule has 0 aliphatic rings. The van der Waals surface area contributed by atoms with Gasteiger partial charge in [0.2, 0.25) is 0 Å². The number of aliphatic hydroxyl groups is 4. The van der Waals surface area contributed by atoms with Crippen LogP contribution in [0.3, 0.4) is 0 Å². The van der Waals surface area contributed by atoms with E-state index in [9.17, 15) is 4.79 Å². The van der Waals surface area contributed by atoms with Crippen molar-refractivity contribution in [2.45, 2.75) is 24.4 Å². The fraction of sp³-hybridized carbons (Fsp3) is 0.833. The molecule has 7 heteroatoms. The lowest BCUT2D eigenvalue weighted by Gasteiger charge is -2.23. The number of hydrogen-bond acceptors (Lipinski definition) is 6. The second-order valence-corrected chi connectivity index (χ2v) is 2.44. The van der Waals surface area contributed by atoms with Crippen LogP contribution in [0.1, 0.15) is 1.43 Å². The molecular weight excluding hydrogens is 202 g/mol. The first kappa shape index (κ1) is 15.2. The molecule has 0 spiro atoms. The Morgan fingerprint density at radius 1 is 1.31 bits per heavy atom. The van der Waals surface area contributed by atoms with Crippen molar-refractivity contribution in [3.8, 4) is 0 Å². The average molecular weight is 216 g/mol. The number of carbonyl (C=O) groups is 1. The fourth-order valence-corrected chi connectivity index (χ4v) is 0.644. The van der Waals surface area contributed by atoms with Crippen LogP contribution in [0.2, 0.25) is 0 Å². The van der Waals surface area contributed by atoms with Gasteiger partial charge >= 0.3 is 1.43 Å². The van der Waals surface area contributed by atoms with Gasteiger partial charge in [-0.1, -0.05) is 0 Å². The highest BCUT2D eigenvalue weighted by Gasteiger charge is 2.28. The Bertz CT molecular complexity index is 152. The van der Waals surface area contributed by atoms with Crippen molar-refractivity contribution in [1.29, 1.82) is 0 Å². The van der Waals surface area contributed by atoms with E-state index in [1.165, 1.54) is 0 Å². The summed E-state index contributed by atoms with van der Waals surface area (Å²) in [5, 5.41) is 35.2. The minimum Gasteiger partial charge on any atom is -1.00 e. The molecule has 0 radical (unpaired) electrons. The predicted molar refractivity (Wildman–Crippen MR) is 40.3 cm³/mol. The lowest BCUT2D eigenvalue weighted by Crippen LogP contribution is -3.00. The lowest BCUT2D eigenvalue weighted by atomic mass is 10.0. The molecule has 0 aromatic heterocycles. The molecule has 0 bridgehead atoms. The van der Waals surface area contributed by atoms with E-state index in [1.54, 1.807) is 0 Å². The summed E-state index contributed by atoms with van der Waals surface area (Å²) in [6.07, 6.45) is -4.43. The number of nitrogens with two attached hydrogens (primary N) is 1. The summed E-state index contributed by atoms with van der Waals surface area (Å²) in [7, 11) is 0. The molecule has 0 aliphatic carbocycles. The molecule has 0 saturated heterocycles. The first-order chi connectivity index (χ1) is 5.54. The number of rotatable bonds is 5. The molecule has 0 amide bonds. The molecule has 6 N–H and O–H groups in total. The molecule has 0 saturated carbocycles. The van der Waals surface area contributed by atoms with Gasteiger partial charge in [0, 0.05) is 0 Å². The third-order valence-electron chi connectivity index (χ3n) is 1.48. The highest BCUT2D eigenvalue weighted by Crippen LogP contribution is 2.01. The molecule has 0 fully saturated rings. The molecule has 0 aliphatic heterocycles. The topological polar surface area (TPSA) is 124 Å². The summed E-state index contributed by atoms with van der Waals surface area (Å²) in [4.78, 5) is 10.0. The van der Waals surface area contributed by atoms with Crippen LogP contribution >= 0.6 is 0 Å². The van der Waals surface area contributed by atoms with Gasteiger partial charge in [-0.15, -0.1) is 0 Å². The van der Waals surface area contributed by atoms with Crippen LogP contribution in [-0.2, 0) is 4.79 Å². The zero-order valence-electron chi connectivity index (χ0n) is 7.75. The highest BCUT2D eigenvalue weighted by molar-refractivity contribution is 5.58. The van der Waals surface area contributed by atoms with Crippen LogP contribution in [0.25, 0.3) is 0 Å². The molecule has 4 atom stereocenters. The van der Waals surface area contributed by atoms with Crippen molar-refractivity contribution < 1.29 is 39.1 Å². The molecule has 80 valence electrons. The van der Waals surface area contributed by atoms with Crippen molar-refractivity contribution in [3.05, 3.63) is 0 Å². The van der Waals surface area contributed by atoms with Crippen LogP contribution in [0, 0.1) is 0 Å². The van der Waals surface area contributed by atoms with E-state index in [4.69, 9.17) is 26.2 Å². The second kappa shape index (κ2) is 7.19. The Kier molecular flexibility index (Phi) is 8.43. The molecule has 0 aromatic carbocycles. The van der Waals surface area contributed by atoms with Crippen LogP contribution in [0.5, 0.6) is 0 Å². The normalized spacial score (nSPS) is 19.5. The first-order valence-corrected chi connectivity index (χ1v) is 3.40. The molecule has 4 unspecified atom stereocenters. The van der Waals surface area contributed by atoms with Gasteiger partial charge < -0.3 is 43.4 Å². The molecular formula is C6H14ClNO5. The Labute approximate surface area is 82.9 Å². The molecule has 6 nitrogen and oxygen atoms in total. The molecule has 13 heavy (non-hydrogen) atoms. The largest absolute Gasteiger partial charge is 1.00 e. The SMILES string of the molecule is NC(C=O)C(O)C(O)C(O)CO.[Cl-].[H+]. The first-order valence-electron chi connectivity index (χ1n) is 3.40. The lowest BCUT2D eigenvalue weighted by molar-refractivity contribution is -0.118. The van der Waals surface area contributed by atoms with Gasteiger partial charge in [0.05, 0.1) is 12.6 Å². The van der Waals surface area contributed by atoms with E-state index >= 15 is 0 Å². The zero-order valence-corrected chi connectivity index (χ0v) is 7.50. The molecule has 0 rings (SSSR count). The Hall–Kier alpha value is -0.240. The molecule has 0 heterocycles. The third-order valence-corrected chi connectivity index (χ3v) is 1.48. The minimum absolute atomic E-state index is 0. The van der Waals surface area contributed by atoms with Crippen molar-refractivity contribution in [2.24, 2.45) is 5.73 Å². The number of carbonyl (C=O) groups excluding carboxylic acids is 1. The Morgan fingerprint density at radius 2 is 1.77 bits per heavy atom. The van der Waals surface area contributed by atoms with Crippen molar-refractivity contribution in [1.82, 2.24) is 0 Å². The van der Waals surface area contributed by atoms with Crippen molar-refractivity contribution >= 4 is 6.29 Å². The van der Waals surface area contributed by atoms with Gasteiger partial charge in [0.1, 0.15) is 24.6 Å². The summed E-state index contributed by atoms with van der Waals surface area (Å²) in [5.74, 6) is 0. The maximum absolute atomic E-state index is 10.0. The predicted octanol–water partition coefficient (Wildman–Crippen LogP) is -6.30. The summed E-state index contributed by atoms with van der Waals surface area (Å²) in [6, 6.07) is -1.26. The van der Waals surface area contributed by atoms with Gasteiger partial charge in [-0.3, -0.25) is 0 Å². The van der Waals surface area contributed by atoms with Crippen molar-refractivity contribution in [2.75, 3.05) is 6.61 Å². The van der Waals surface area contributed by atoms with Gasteiger partial charge in [0.25, 0.3) is 0 Å². The van der Waals surface area contributed by atoms with Crippen LogP contribution < -0.4 is 18.1 Å². The summed E-state index contributed by atoms with van der Waals surface area (Å²) >= 11 is 0. The average Bonchev–Trinajstić information content (AvgIpc) is 2.12. The summed E-state index contributed by atoms with van der Waals surface area (Å²) < 4.78 is 0. The van der Waals surface area contributed by atoms with Gasteiger partial charge in [-0.05, 0) is 0 Å². The van der Waals surface area contributed by atoms with E-state index in [1.807, 2.05) is 0 Å². The monoisotopic (exact) mass is 215 g/mol. The van der Waals surface area contributed by atoms with Crippen molar-refractivity contribution in [3.63, 3.8) is 0 Å². The van der Waals surface area contributed by atoms with Gasteiger partial charge in [-0.25, -0.2) is 0 Å². The second-order valence-electron chi connectivity index (χ2n) is 2.44. The van der Waals surface area contributed by atoms with Gasteiger partial charge in [0.15, 0.2) is 0 Å². The third kappa shape index (κ3) is 4.51. The van der Waals surface area contributed by atoms with E-state index in [0.717, 1.165) is 0 Å². The minimum atomic E-state index is -1.62. The number of halogens is 1. The number of aliphatic hydroxyl groups excluding tert-OH is 4. The van der Waals surface area contributed by atoms with Crippen LogP contribution in [0.15, 0.2) is 0 Å². The van der Waals surface area contributed by atoms with Crippen LogP contribution in [0.4, 0.5) is 0 Å². The van der Waals surface area contributed by atoms with Crippen LogP contribution in [-0.4, -0.2) is 57.7 Å². The Morgan fingerprint density at radius 3 is 2.08 bits per heavy atom. The summed E-state index contributed by atoms with van der Waals surface area (Å²) in [5.41, 5.74) is 5.04. The number of aldehydes is 1.